The Morgan fingerprint density at radius 1 is 1.27 bits per heavy atom. The van der Waals surface area contributed by atoms with Gasteiger partial charge in [-0.3, -0.25) is 14.7 Å². The van der Waals surface area contributed by atoms with E-state index in [1.165, 1.54) is 5.39 Å². The summed E-state index contributed by atoms with van der Waals surface area (Å²) in [5, 5.41) is 4.17. The zero-order chi connectivity index (χ0) is 17.9. The van der Waals surface area contributed by atoms with Gasteiger partial charge in [0.15, 0.2) is 5.76 Å². The Balaban J connectivity index is 1.30. The quantitative estimate of drug-likeness (QED) is 0.767. The number of aryl methyl sites for hydroxylation is 1. The van der Waals surface area contributed by atoms with E-state index in [4.69, 9.17) is 9.40 Å². The monoisotopic (exact) mass is 349 g/mol. The molecule has 134 valence electrons. The topological polar surface area (TPSA) is 58.4 Å². The summed E-state index contributed by atoms with van der Waals surface area (Å²) < 4.78 is 5.25. The molecule has 1 amide bonds. The number of furan rings is 1. The average Bonchev–Trinajstić information content (AvgIpc) is 3.28. The van der Waals surface area contributed by atoms with E-state index in [9.17, 15) is 4.79 Å². The second kappa shape index (κ2) is 7.30. The Morgan fingerprint density at radius 3 is 3.00 bits per heavy atom. The predicted molar refractivity (Wildman–Crippen MR) is 101 cm³/mol. The molecular weight excluding hydrogens is 326 g/mol. The number of aromatic nitrogens is 1. The molecule has 0 spiro atoms. The van der Waals surface area contributed by atoms with Crippen molar-refractivity contribution in [1.82, 2.24) is 15.2 Å². The number of rotatable bonds is 5. The van der Waals surface area contributed by atoms with Crippen LogP contribution in [-0.2, 0) is 6.54 Å². The van der Waals surface area contributed by atoms with Crippen molar-refractivity contribution in [2.24, 2.45) is 5.92 Å². The van der Waals surface area contributed by atoms with Crippen molar-refractivity contribution >= 4 is 16.8 Å². The molecule has 3 heterocycles. The van der Waals surface area contributed by atoms with Gasteiger partial charge in [-0.1, -0.05) is 24.3 Å². The lowest BCUT2D eigenvalue weighted by atomic mass is 10.1. The molecule has 5 nitrogen and oxygen atoms in total. The number of fused-ring (bicyclic) bond motifs is 1. The summed E-state index contributed by atoms with van der Waals surface area (Å²) in [6.07, 6.45) is 2.64. The third-order valence-electron chi connectivity index (χ3n) is 5.03. The van der Waals surface area contributed by atoms with E-state index < -0.39 is 0 Å². The number of nitrogens with zero attached hydrogens (tertiary/aromatic N) is 2. The number of pyridine rings is 1. The summed E-state index contributed by atoms with van der Waals surface area (Å²) in [6, 6.07) is 14.2. The lowest BCUT2D eigenvalue weighted by Crippen LogP contribution is -2.31. The van der Waals surface area contributed by atoms with Gasteiger partial charge in [0, 0.05) is 30.6 Å². The SMILES string of the molecule is Cc1ccoc1C(=O)NC[C@@H]1CCN(Cc2ccc3ccccc3n2)C1. The number of carbonyl (C=O) groups is 1. The summed E-state index contributed by atoms with van der Waals surface area (Å²) in [7, 11) is 0. The first kappa shape index (κ1) is 16.8. The number of likely N-dealkylation sites (tertiary alicyclic amines) is 1. The molecule has 1 N–H and O–H groups in total. The van der Waals surface area contributed by atoms with Crippen molar-refractivity contribution in [2.45, 2.75) is 19.9 Å². The van der Waals surface area contributed by atoms with Gasteiger partial charge < -0.3 is 9.73 Å². The van der Waals surface area contributed by atoms with E-state index in [2.05, 4.69) is 34.5 Å². The highest BCUT2D eigenvalue weighted by atomic mass is 16.3. The summed E-state index contributed by atoms with van der Waals surface area (Å²) in [5.41, 5.74) is 3.01. The Morgan fingerprint density at radius 2 is 2.15 bits per heavy atom. The second-order valence-corrected chi connectivity index (χ2v) is 7.03. The Hall–Kier alpha value is -2.66. The average molecular weight is 349 g/mol. The lowest BCUT2D eigenvalue weighted by Gasteiger charge is -2.16. The van der Waals surface area contributed by atoms with Crippen molar-refractivity contribution in [3.8, 4) is 0 Å². The van der Waals surface area contributed by atoms with E-state index >= 15 is 0 Å². The van der Waals surface area contributed by atoms with Crippen molar-refractivity contribution in [2.75, 3.05) is 19.6 Å². The van der Waals surface area contributed by atoms with Crippen LogP contribution in [0.2, 0.25) is 0 Å². The highest BCUT2D eigenvalue weighted by Gasteiger charge is 2.24. The summed E-state index contributed by atoms with van der Waals surface area (Å²) in [5.74, 6) is 0.761. The Kier molecular flexibility index (Phi) is 4.71. The summed E-state index contributed by atoms with van der Waals surface area (Å²) >= 11 is 0. The molecule has 26 heavy (non-hydrogen) atoms. The molecule has 0 aliphatic carbocycles. The number of nitrogens with one attached hydrogen (secondary N) is 1. The van der Waals surface area contributed by atoms with Crippen LogP contribution in [0.1, 0.15) is 28.2 Å². The van der Waals surface area contributed by atoms with Crippen molar-refractivity contribution in [3.05, 3.63) is 65.7 Å². The zero-order valence-corrected chi connectivity index (χ0v) is 14.9. The lowest BCUT2D eigenvalue weighted by molar-refractivity contribution is 0.0918. The Bertz CT molecular complexity index is 918. The highest BCUT2D eigenvalue weighted by Crippen LogP contribution is 2.19. The third-order valence-corrected chi connectivity index (χ3v) is 5.03. The third kappa shape index (κ3) is 3.63. The van der Waals surface area contributed by atoms with Gasteiger partial charge in [0.25, 0.3) is 5.91 Å². The van der Waals surface area contributed by atoms with Gasteiger partial charge in [0.05, 0.1) is 17.5 Å². The molecule has 2 aromatic heterocycles. The maximum Gasteiger partial charge on any atom is 0.287 e. The van der Waals surface area contributed by atoms with Crippen LogP contribution < -0.4 is 5.32 Å². The standard InChI is InChI=1S/C21H23N3O2/c1-15-9-11-26-20(15)21(25)22-12-16-8-10-24(13-16)14-18-7-6-17-4-2-3-5-19(17)23-18/h2-7,9,11,16H,8,10,12-14H2,1H3,(H,22,25)/t16-/m0/s1. The number of hydrogen-bond donors (Lipinski definition) is 1. The van der Waals surface area contributed by atoms with Crippen LogP contribution in [0.4, 0.5) is 0 Å². The fraction of sp³-hybridized carbons (Fsp3) is 0.333. The zero-order valence-electron chi connectivity index (χ0n) is 14.9. The molecule has 5 heteroatoms. The van der Waals surface area contributed by atoms with Gasteiger partial charge in [-0.2, -0.15) is 0 Å². The molecule has 1 atom stereocenters. The molecule has 1 aromatic carbocycles. The maximum absolute atomic E-state index is 12.2. The van der Waals surface area contributed by atoms with E-state index in [1.54, 1.807) is 6.26 Å². The first-order chi connectivity index (χ1) is 12.7. The molecular formula is C21H23N3O2. The normalized spacial score (nSPS) is 17.7. The second-order valence-electron chi connectivity index (χ2n) is 7.03. The number of amides is 1. The van der Waals surface area contributed by atoms with Crippen LogP contribution in [0.25, 0.3) is 10.9 Å². The van der Waals surface area contributed by atoms with Gasteiger partial charge in [0.1, 0.15) is 0 Å². The highest BCUT2D eigenvalue weighted by molar-refractivity contribution is 5.92. The van der Waals surface area contributed by atoms with E-state index in [-0.39, 0.29) is 5.91 Å². The van der Waals surface area contributed by atoms with Crippen LogP contribution in [0, 0.1) is 12.8 Å². The number of para-hydroxylation sites is 1. The molecule has 1 aliphatic rings. The number of benzene rings is 1. The molecule has 0 saturated carbocycles. The van der Waals surface area contributed by atoms with Crippen LogP contribution in [0.3, 0.4) is 0 Å². The molecule has 0 unspecified atom stereocenters. The molecule has 4 rings (SSSR count). The largest absolute Gasteiger partial charge is 0.459 e. The van der Waals surface area contributed by atoms with Gasteiger partial charge in [-0.25, -0.2) is 0 Å². The molecule has 1 aliphatic heterocycles. The van der Waals surface area contributed by atoms with Gasteiger partial charge >= 0.3 is 0 Å². The molecule has 1 saturated heterocycles. The van der Waals surface area contributed by atoms with Crippen LogP contribution in [-0.4, -0.2) is 35.4 Å². The Labute approximate surface area is 153 Å². The smallest absolute Gasteiger partial charge is 0.287 e. The van der Waals surface area contributed by atoms with Gasteiger partial charge in [0.2, 0.25) is 0 Å². The molecule has 0 radical (unpaired) electrons. The van der Waals surface area contributed by atoms with Crippen LogP contribution in [0.15, 0.2) is 53.1 Å². The summed E-state index contributed by atoms with van der Waals surface area (Å²) in [6.45, 7) is 5.43. The first-order valence-corrected chi connectivity index (χ1v) is 9.08. The van der Waals surface area contributed by atoms with Crippen LogP contribution in [0.5, 0.6) is 0 Å². The minimum atomic E-state index is -0.123. The fourth-order valence-electron chi connectivity index (χ4n) is 3.57. The first-order valence-electron chi connectivity index (χ1n) is 9.08. The number of hydrogen-bond acceptors (Lipinski definition) is 4. The minimum absolute atomic E-state index is 0.123. The number of carbonyl (C=O) groups excluding carboxylic acids is 1. The van der Waals surface area contributed by atoms with Gasteiger partial charge in [-0.15, -0.1) is 0 Å². The van der Waals surface area contributed by atoms with E-state index in [0.717, 1.165) is 42.8 Å². The van der Waals surface area contributed by atoms with Crippen molar-refractivity contribution in [3.63, 3.8) is 0 Å². The predicted octanol–water partition coefficient (Wildman–Crippen LogP) is 3.39. The van der Waals surface area contributed by atoms with Gasteiger partial charge in [-0.05, 0) is 44.0 Å². The van der Waals surface area contributed by atoms with Crippen LogP contribution >= 0.6 is 0 Å². The van der Waals surface area contributed by atoms with E-state index in [1.807, 2.05) is 25.1 Å². The van der Waals surface area contributed by atoms with Crippen molar-refractivity contribution < 1.29 is 9.21 Å². The fourth-order valence-corrected chi connectivity index (χ4v) is 3.57. The molecule has 0 bridgehead atoms. The summed E-state index contributed by atoms with van der Waals surface area (Å²) in [4.78, 5) is 19.3. The molecule has 1 fully saturated rings. The van der Waals surface area contributed by atoms with E-state index in [0.29, 0.717) is 18.2 Å². The van der Waals surface area contributed by atoms with Crippen molar-refractivity contribution in [1.29, 1.82) is 0 Å². The minimum Gasteiger partial charge on any atom is -0.459 e. The maximum atomic E-state index is 12.2. The molecule has 3 aromatic rings.